The van der Waals surface area contributed by atoms with E-state index in [9.17, 15) is 9.18 Å². The van der Waals surface area contributed by atoms with Crippen molar-refractivity contribution in [3.63, 3.8) is 0 Å². The van der Waals surface area contributed by atoms with Crippen LogP contribution >= 0.6 is 0 Å². The second-order valence-corrected chi connectivity index (χ2v) is 7.82. The van der Waals surface area contributed by atoms with Crippen molar-refractivity contribution in [3.05, 3.63) is 57.7 Å². The summed E-state index contributed by atoms with van der Waals surface area (Å²) in [5.74, 6) is 0.907. The number of rotatable bonds is 3. The first kappa shape index (κ1) is 17.3. The van der Waals surface area contributed by atoms with Gasteiger partial charge in [0.2, 0.25) is 0 Å². The molecule has 1 aliphatic carbocycles. The lowest BCUT2D eigenvalue weighted by atomic mass is 9.79. The Morgan fingerprint density at radius 1 is 1.04 bits per heavy atom. The molecule has 1 aromatic heterocycles. The third-order valence-corrected chi connectivity index (χ3v) is 5.93. The molecule has 0 unspecified atom stereocenters. The summed E-state index contributed by atoms with van der Waals surface area (Å²) in [4.78, 5) is 12.6. The molecule has 0 atom stereocenters. The molecule has 1 aliphatic rings. The SMILES string of the molecule is CCCc1ccc2c(oc(=O)c3cc(C4CCC(C)CC4)ccc32)c1F. The molecule has 0 bridgehead atoms. The van der Waals surface area contributed by atoms with E-state index >= 15 is 0 Å². The lowest BCUT2D eigenvalue weighted by molar-refractivity contribution is 0.348. The van der Waals surface area contributed by atoms with Gasteiger partial charge in [0.05, 0.1) is 5.39 Å². The van der Waals surface area contributed by atoms with Gasteiger partial charge in [-0.05, 0) is 48.3 Å². The van der Waals surface area contributed by atoms with Gasteiger partial charge in [-0.25, -0.2) is 9.18 Å². The molecule has 0 aliphatic heterocycles. The predicted molar refractivity (Wildman–Crippen MR) is 104 cm³/mol. The van der Waals surface area contributed by atoms with Crippen LogP contribution < -0.4 is 5.63 Å². The van der Waals surface area contributed by atoms with Crippen LogP contribution in [0.5, 0.6) is 0 Å². The van der Waals surface area contributed by atoms with Crippen molar-refractivity contribution in [2.45, 2.75) is 58.3 Å². The van der Waals surface area contributed by atoms with Crippen molar-refractivity contribution >= 4 is 21.7 Å². The Balaban J connectivity index is 1.84. The second-order valence-electron chi connectivity index (χ2n) is 7.82. The van der Waals surface area contributed by atoms with Crippen molar-refractivity contribution in [2.24, 2.45) is 5.92 Å². The van der Waals surface area contributed by atoms with E-state index in [2.05, 4.69) is 13.0 Å². The first-order valence-corrected chi connectivity index (χ1v) is 9.76. The predicted octanol–water partition coefficient (Wildman–Crippen LogP) is 6.33. The van der Waals surface area contributed by atoms with Crippen LogP contribution in [0.1, 0.15) is 63.0 Å². The normalized spacial score (nSPS) is 20.7. The minimum atomic E-state index is -0.439. The van der Waals surface area contributed by atoms with Gasteiger partial charge in [-0.1, -0.05) is 57.4 Å². The van der Waals surface area contributed by atoms with E-state index in [1.54, 1.807) is 0 Å². The topological polar surface area (TPSA) is 30.2 Å². The highest BCUT2D eigenvalue weighted by atomic mass is 19.1. The Labute approximate surface area is 153 Å². The fourth-order valence-electron chi connectivity index (χ4n) is 4.33. The van der Waals surface area contributed by atoms with E-state index in [1.807, 2.05) is 31.2 Å². The highest BCUT2D eigenvalue weighted by Gasteiger charge is 2.21. The number of halogens is 1. The number of aryl methyl sites for hydroxylation is 1. The summed E-state index contributed by atoms with van der Waals surface area (Å²) >= 11 is 0. The molecule has 1 fully saturated rings. The molecule has 0 spiro atoms. The average molecular weight is 352 g/mol. The molecular weight excluding hydrogens is 327 g/mol. The molecule has 26 heavy (non-hydrogen) atoms. The Kier molecular flexibility index (Phi) is 4.56. The molecule has 3 aromatic rings. The monoisotopic (exact) mass is 352 g/mol. The largest absolute Gasteiger partial charge is 0.419 e. The molecule has 0 N–H and O–H groups in total. The Bertz CT molecular complexity index is 1010. The van der Waals surface area contributed by atoms with E-state index in [4.69, 9.17) is 4.42 Å². The van der Waals surface area contributed by atoms with Gasteiger partial charge in [0.1, 0.15) is 0 Å². The van der Waals surface area contributed by atoms with E-state index in [0.717, 1.165) is 17.7 Å². The summed E-state index contributed by atoms with van der Waals surface area (Å²) in [6.07, 6.45) is 6.30. The highest BCUT2D eigenvalue weighted by Crippen LogP contribution is 2.37. The van der Waals surface area contributed by atoms with Gasteiger partial charge in [-0.15, -0.1) is 0 Å². The van der Waals surface area contributed by atoms with E-state index < -0.39 is 11.4 Å². The molecule has 1 heterocycles. The van der Waals surface area contributed by atoms with Gasteiger partial charge in [-0.2, -0.15) is 0 Å². The lowest BCUT2D eigenvalue weighted by Crippen LogP contribution is -2.11. The molecule has 3 heteroatoms. The van der Waals surface area contributed by atoms with Crippen molar-refractivity contribution in [1.29, 1.82) is 0 Å². The van der Waals surface area contributed by atoms with Crippen molar-refractivity contribution < 1.29 is 8.81 Å². The Hall–Kier alpha value is -2.16. The summed E-state index contributed by atoms with van der Waals surface area (Å²) in [5, 5.41) is 2.03. The summed E-state index contributed by atoms with van der Waals surface area (Å²) in [7, 11) is 0. The third kappa shape index (κ3) is 2.94. The summed E-state index contributed by atoms with van der Waals surface area (Å²) in [5.41, 5.74) is 1.47. The van der Waals surface area contributed by atoms with Crippen LogP contribution in [-0.4, -0.2) is 0 Å². The minimum Gasteiger partial charge on any atom is -0.419 e. The summed E-state index contributed by atoms with van der Waals surface area (Å²) < 4.78 is 20.2. The zero-order chi connectivity index (χ0) is 18.3. The van der Waals surface area contributed by atoms with E-state index in [-0.39, 0.29) is 5.58 Å². The first-order valence-electron chi connectivity index (χ1n) is 9.76. The quantitative estimate of drug-likeness (QED) is 0.407. The van der Waals surface area contributed by atoms with Crippen molar-refractivity contribution in [2.75, 3.05) is 0 Å². The van der Waals surface area contributed by atoms with Gasteiger partial charge >= 0.3 is 5.63 Å². The van der Waals surface area contributed by atoms with Gasteiger partial charge in [0, 0.05) is 10.8 Å². The average Bonchev–Trinajstić information content (AvgIpc) is 2.65. The van der Waals surface area contributed by atoms with Crippen LogP contribution in [0.15, 0.2) is 39.5 Å². The molecule has 2 aromatic carbocycles. The third-order valence-electron chi connectivity index (χ3n) is 5.93. The maximum absolute atomic E-state index is 14.7. The molecule has 0 radical (unpaired) electrons. The standard InChI is InChI=1S/C23H25FO2/c1-3-4-16-9-12-19-18-11-10-17(15-7-5-14(2)6-8-15)13-20(18)23(25)26-22(19)21(16)24/h9-15H,3-8H2,1-2H3. The fraction of sp³-hybridized carbons (Fsp3) is 0.435. The van der Waals surface area contributed by atoms with Crippen LogP contribution in [0.25, 0.3) is 21.7 Å². The zero-order valence-corrected chi connectivity index (χ0v) is 15.5. The molecule has 136 valence electrons. The van der Waals surface area contributed by atoms with Crippen LogP contribution in [0.3, 0.4) is 0 Å². The van der Waals surface area contributed by atoms with E-state index in [1.165, 1.54) is 31.2 Å². The minimum absolute atomic E-state index is 0.0905. The van der Waals surface area contributed by atoms with Crippen molar-refractivity contribution in [1.82, 2.24) is 0 Å². The number of fused-ring (bicyclic) bond motifs is 3. The lowest BCUT2D eigenvalue weighted by Gasteiger charge is -2.26. The first-order chi connectivity index (χ1) is 12.6. The number of hydrogen-bond acceptors (Lipinski definition) is 2. The molecule has 0 saturated heterocycles. The maximum atomic E-state index is 14.7. The Morgan fingerprint density at radius 2 is 1.77 bits per heavy atom. The Morgan fingerprint density at radius 3 is 2.50 bits per heavy atom. The zero-order valence-electron chi connectivity index (χ0n) is 15.5. The van der Waals surface area contributed by atoms with Gasteiger partial charge in [0.25, 0.3) is 0 Å². The van der Waals surface area contributed by atoms with Gasteiger partial charge in [-0.3, -0.25) is 0 Å². The van der Waals surface area contributed by atoms with Crippen LogP contribution in [0, 0.1) is 11.7 Å². The number of benzene rings is 2. The molecular formula is C23H25FO2. The van der Waals surface area contributed by atoms with E-state index in [0.29, 0.717) is 28.7 Å². The maximum Gasteiger partial charge on any atom is 0.344 e. The second kappa shape index (κ2) is 6.86. The van der Waals surface area contributed by atoms with Crippen molar-refractivity contribution in [3.8, 4) is 0 Å². The molecule has 4 rings (SSSR count). The van der Waals surface area contributed by atoms with Crippen LogP contribution in [-0.2, 0) is 6.42 Å². The summed E-state index contributed by atoms with van der Waals surface area (Å²) in [6, 6.07) is 9.76. The number of hydrogen-bond donors (Lipinski definition) is 0. The van der Waals surface area contributed by atoms with Gasteiger partial charge in [0.15, 0.2) is 11.4 Å². The smallest absolute Gasteiger partial charge is 0.344 e. The molecule has 0 amide bonds. The van der Waals surface area contributed by atoms with Crippen LogP contribution in [0.4, 0.5) is 4.39 Å². The fourth-order valence-corrected chi connectivity index (χ4v) is 4.33. The van der Waals surface area contributed by atoms with Gasteiger partial charge < -0.3 is 4.42 Å². The molecule has 2 nitrogen and oxygen atoms in total. The summed E-state index contributed by atoms with van der Waals surface area (Å²) in [6.45, 7) is 4.31. The highest BCUT2D eigenvalue weighted by molar-refractivity contribution is 6.04. The van der Waals surface area contributed by atoms with Crippen LogP contribution in [0.2, 0.25) is 0 Å². The molecule has 1 saturated carbocycles.